The molecule has 9 atom stereocenters. The second kappa shape index (κ2) is 10.7. The van der Waals surface area contributed by atoms with Gasteiger partial charge in [0.1, 0.15) is 36.6 Å². The third-order valence-electron chi connectivity index (χ3n) is 4.88. The van der Waals surface area contributed by atoms with Crippen LogP contribution in [0.5, 0.6) is 0 Å². The molecule has 11 heteroatoms. The lowest BCUT2D eigenvalue weighted by atomic mass is 10.0. The maximum absolute atomic E-state index is 9.34. The van der Waals surface area contributed by atoms with Gasteiger partial charge >= 0.3 is 0 Å². The number of methoxy groups -OCH3 is 6. The van der Waals surface area contributed by atoms with Crippen molar-refractivity contribution < 1.29 is 42.6 Å². The SMILES string of the molecule is COC1COC(OC)C(OC2OC(N=[N-])C(OC)C(OC)C2OC)C1OC. The van der Waals surface area contributed by atoms with Gasteiger partial charge in [-0.25, -0.2) is 0 Å². The molecule has 2 rings (SSSR count). The fourth-order valence-corrected chi connectivity index (χ4v) is 3.50. The summed E-state index contributed by atoms with van der Waals surface area (Å²) in [6.45, 7) is 0.285. The largest absolute Gasteiger partial charge is 0.710 e. The molecule has 0 aromatic carbocycles. The smallest absolute Gasteiger partial charge is 0.189 e. The highest BCUT2D eigenvalue weighted by Crippen LogP contribution is 2.32. The number of ether oxygens (including phenoxy) is 9. The number of nitrogens with zero attached hydrogens (tertiary/aromatic N) is 2. The monoisotopic (exact) mass is 393 g/mol. The number of hydrogen-bond acceptors (Lipinski definition) is 10. The van der Waals surface area contributed by atoms with Gasteiger partial charge in [0.05, 0.1) is 6.61 Å². The highest BCUT2D eigenvalue weighted by molar-refractivity contribution is 4.93. The maximum atomic E-state index is 9.34. The van der Waals surface area contributed by atoms with Crippen molar-refractivity contribution >= 4 is 0 Å². The molecular formula is C16H29N2O9-. The summed E-state index contributed by atoms with van der Waals surface area (Å²) in [6, 6.07) is 0. The first-order valence-corrected chi connectivity index (χ1v) is 8.53. The molecule has 0 aromatic heterocycles. The topological polar surface area (TPSA) is 118 Å². The first-order chi connectivity index (χ1) is 13.1. The van der Waals surface area contributed by atoms with E-state index in [9.17, 15) is 5.53 Å². The lowest BCUT2D eigenvalue weighted by molar-refractivity contribution is -0.359. The van der Waals surface area contributed by atoms with E-state index in [1.54, 1.807) is 14.2 Å². The van der Waals surface area contributed by atoms with Crippen LogP contribution >= 0.6 is 0 Å². The zero-order valence-corrected chi connectivity index (χ0v) is 16.5. The van der Waals surface area contributed by atoms with Gasteiger partial charge in [0.2, 0.25) is 0 Å². The maximum Gasteiger partial charge on any atom is 0.189 e. The molecule has 9 unspecified atom stereocenters. The lowest BCUT2D eigenvalue weighted by Crippen LogP contribution is -2.63. The Bertz CT molecular complexity index is 458. The summed E-state index contributed by atoms with van der Waals surface area (Å²) in [5.41, 5.74) is 9.34. The fourth-order valence-electron chi connectivity index (χ4n) is 3.50. The average molecular weight is 393 g/mol. The molecule has 0 radical (unpaired) electrons. The first-order valence-electron chi connectivity index (χ1n) is 8.53. The quantitative estimate of drug-likeness (QED) is 0.505. The Kier molecular flexibility index (Phi) is 8.92. The van der Waals surface area contributed by atoms with Crippen molar-refractivity contribution in [1.29, 1.82) is 0 Å². The van der Waals surface area contributed by atoms with E-state index in [4.69, 9.17) is 42.6 Å². The van der Waals surface area contributed by atoms with Crippen LogP contribution in [0, 0.1) is 0 Å². The van der Waals surface area contributed by atoms with Crippen LogP contribution in [0.25, 0.3) is 5.53 Å². The Labute approximate surface area is 158 Å². The number of hydrogen-bond donors (Lipinski definition) is 0. The van der Waals surface area contributed by atoms with Crippen molar-refractivity contribution in [3.05, 3.63) is 5.53 Å². The summed E-state index contributed by atoms with van der Waals surface area (Å²) in [4.78, 5) is 0. The molecule has 2 heterocycles. The molecule has 2 fully saturated rings. The second-order valence-electron chi connectivity index (χ2n) is 6.12. The standard InChI is InChI=1S/C16H29N2O9/c1-19-8-7-25-15(24-6)13(9(8)20-2)26-16-12(23-5)10(21-3)11(22-4)14(18-17)27-16/h8-16H,7H2,1-6H3/q-1. The molecule has 158 valence electrons. The van der Waals surface area contributed by atoms with Crippen LogP contribution in [0.2, 0.25) is 0 Å². The minimum atomic E-state index is -1.03. The van der Waals surface area contributed by atoms with Gasteiger partial charge in [0, 0.05) is 42.7 Å². The van der Waals surface area contributed by atoms with E-state index in [0.717, 1.165) is 0 Å². The molecule has 2 aliphatic rings. The summed E-state index contributed by atoms with van der Waals surface area (Å²) in [6.07, 6.45) is -6.21. The van der Waals surface area contributed by atoms with E-state index in [0.29, 0.717) is 0 Å². The van der Waals surface area contributed by atoms with Crippen molar-refractivity contribution in [3.8, 4) is 0 Å². The summed E-state index contributed by atoms with van der Waals surface area (Å²) >= 11 is 0. The zero-order valence-electron chi connectivity index (χ0n) is 16.5. The molecule has 27 heavy (non-hydrogen) atoms. The van der Waals surface area contributed by atoms with Crippen LogP contribution in [0.1, 0.15) is 0 Å². The molecule has 0 N–H and O–H groups in total. The fraction of sp³-hybridized carbons (Fsp3) is 1.00. The summed E-state index contributed by atoms with van der Waals surface area (Å²) in [5, 5.41) is 3.24. The molecule has 0 amide bonds. The molecular weight excluding hydrogens is 364 g/mol. The van der Waals surface area contributed by atoms with Crippen molar-refractivity contribution in [1.82, 2.24) is 0 Å². The molecule has 0 bridgehead atoms. The van der Waals surface area contributed by atoms with Gasteiger partial charge in [-0.2, -0.15) is 0 Å². The van der Waals surface area contributed by atoms with Gasteiger partial charge in [-0.15, -0.1) is 0 Å². The van der Waals surface area contributed by atoms with Crippen LogP contribution in [0.15, 0.2) is 5.11 Å². The summed E-state index contributed by atoms with van der Waals surface area (Å²) < 4.78 is 50.3. The molecule has 11 nitrogen and oxygen atoms in total. The van der Waals surface area contributed by atoms with Crippen LogP contribution in [-0.4, -0.2) is 105 Å². The second-order valence-corrected chi connectivity index (χ2v) is 6.12. The molecule has 0 saturated carbocycles. The van der Waals surface area contributed by atoms with Crippen molar-refractivity contribution in [2.75, 3.05) is 49.3 Å². The van der Waals surface area contributed by atoms with Crippen molar-refractivity contribution in [2.24, 2.45) is 5.11 Å². The van der Waals surface area contributed by atoms with E-state index in [-0.39, 0.29) is 12.7 Å². The van der Waals surface area contributed by atoms with Gasteiger partial charge in [-0.1, -0.05) is 0 Å². The normalized spacial score (nSPS) is 42.8. The van der Waals surface area contributed by atoms with Crippen LogP contribution in [0.3, 0.4) is 0 Å². The van der Waals surface area contributed by atoms with Crippen molar-refractivity contribution in [3.63, 3.8) is 0 Å². The molecule has 0 spiro atoms. The molecule has 0 aromatic rings. The van der Waals surface area contributed by atoms with E-state index in [1.165, 1.54) is 28.4 Å². The average Bonchev–Trinajstić information content (AvgIpc) is 2.71. The highest BCUT2D eigenvalue weighted by Gasteiger charge is 2.51. The highest BCUT2D eigenvalue weighted by atomic mass is 16.8. The molecule has 0 aliphatic carbocycles. The van der Waals surface area contributed by atoms with E-state index in [1.807, 2.05) is 0 Å². The minimum absolute atomic E-state index is 0.285. The van der Waals surface area contributed by atoms with E-state index in [2.05, 4.69) is 5.11 Å². The Morgan fingerprint density at radius 3 is 1.81 bits per heavy atom. The first kappa shape index (κ1) is 22.5. The predicted molar refractivity (Wildman–Crippen MR) is 90.1 cm³/mol. The predicted octanol–water partition coefficient (Wildman–Crippen LogP) is 0.153. The zero-order chi connectivity index (χ0) is 20.0. The van der Waals surface area contributed by atoms with E-state index >= 15 is 0 Å². The third kappa shape index (κ3) is 4.63. The third-order valence-corrected chi connectivity index (χ3v) is 4.88. The van der Waals surface area contributed by atoms with Crippen LogP contribution in [0.4, 0.5) is 0 Å². The Morgan fingerprint density at radius 2 is 1.33 bits per heavy atom. The van der Waals surface area contributed by atoms with Crippen LogP contribution < -0.4 is 0 Å². The van der Waals surface area contributed by atoms with Gasteiger partial charge in [0.15, 0.2) is 18.8 Å². The Hall–Kier alpha value is -0.760. The Morgan fingerprint density at radius 1 is 0.704 bits per heavy atom. The Balaban J connectivity index is 2.26. The minimum Gasteiger partial charge on any atom is -0.710 e. The molecule has 2 saturated heterocycles. The van der Waals surface area contributed by atoms with E-state index < -0.39 is 49.3 Å². The van der Waals surface area contributed by atoms with Crippen molar-refractivity contribution in [2.45, 2.75) is 55.4 Å². The van der Waals surface area contributed by atoms with Gasteiger partial charge in [-0.3, -0.25) is 0 Å². The summed E-state index contributed by atoms with van der Waals surface area (Å²) in [7, 11) is 9.07. The lowest BCUT2D eigenvalue weighted by Gasteiger charge is -2.47. The van der Waals surface area contributed by atoms with Gasteiger partial charge in [0.25, 0.3) is 0 Å². The summed E-state index contributed by atoms with van der Waals surface area (Å²) in [5.74, 6) is 0. The number of rotatable bonds is 9. The molecule has 2 aliphatic heterocycles. The van der Waals surface area contributed by atoms with Gasteiger partial charge < -0.3 is 53.3 Å². The van der Waals surface area contributed by atoms with Crippen LogP contribution in [-0.2, 0) is 42.6 Å². The van der Waals surface area contributed by atoms with Gasteiger partial charge in [-0.05, 0) is 0 Å².